The molecule has 0 amide bonds. The average molecular weight is 459 g/mol. The predicted molar refractivity (Wildman–Crippen MR) is 139 cm³/mol. The molecule has 4 fully saturated rings. The van der Waals surface area contributed by atoms with Crippen LogP contribution >= 0.6 is 0 Å². The summed E-state index contributed by atoms with van der Waals surface area (Å²) < 4.78 is 0. The zero-order chi connectivity index (χ0) is 24.6. The van der Waals surface area contributed by atoms with Gasteiger partial charge < -0.3 is 10.2 Å². The van der Waals surface area contributed by atoms with Gasteiger partial charge >= 0.3 is 0 Å². The van der Waals surface area contributed by atoms with Crippen molar-refractivity contribution in [2.24, 2.45) is 51.2 Å². The van der Waals surface area contributed by atoms with Gasteiger partial charge in [0.05, 0.1) is 11.7 Å². The van der Waals surface area contributed by atoms with Crippen molar-refractivity contribution in [1.29, 1.82) is 0 Å². The van der Waals surface area contributed by atoms with Gasteiger partial charge in [-0.3, -0.25) is 0 Å². The highest BCUT2D eigenvalue weighted by Crippen LogP contribution is 2.76. The lowest BCUT2D eigenvalue weighted by Crippen LogP contribution is -2.66. The second-order valence-electron chi connectivity index (χ2n) is 14.9. The topological polar surface area (TPSA) is 40.5 Å². The van der Waals surface area contributed by atoms with Gasteiger partial charge in [0.25, 0.3) is 0 Å². The van der Waals surface area contributed by atoms with Crippen LogP contribution in [0.25, 0.3) is 0 Å². The summed E-state index contributed by atoms with van der Waals surface area (Å²) in [6.45, 7) is 21.6. The summed E-state index contributed by atoms with van der Waals surface area (Å²) >= 11 is 0. The first-order valence-electron chi connectivity index (χ1n) is 14.1. The third-order valence-electron chi connectivity index (χ3n) is 12.9. The largest absolute Gasteiger partial charge is 0.393 e. The van der Waals surface area contributed by atoms with E-state index in [4.69, 9.17) is 0 Å². The molecular formula is C31H54O2. The van der Waals surface area contributed by atoms with Gasteiger partial charge in [-0.2, -0.15) is 0 Å². The minimum Gasteiger partial charge on any atom is -0.393 e. The monoisotopic (exact) mass is 458 g/mol. The van der Waals surface area contributed by atoms with Crippen LogP contribution in [0, 0.1) is 51.2 Å². The number of aliphatic hydroxyl groups excluding tert-OH is 1. The maximum atomic E-state index is 11.8. The summed E-state index contributed by atoms with van der Waals surface area (Å²) in [5.74, 6) is 2.54. The first kappa shape index (κ1) is 25.7. The Balaban J connectivity index is 1.66. The van der Waals surface area contributed by atoms with Crippen LogP contribution in [0.3, 0.4) is 0 Å². The number of aliphatic hydroxyl groups is 2. The van der Waals surface area contributed by atoms with E-state index in [2.05, 4.69) is 68.4 Å². The van der Waals surface area contributed by atoms with Crippen molar-refractivity contribution in [2.45, 2.75) is 132 Å². The quantitative estimate of drug-likeness (QED) is 0.422. The molecule has 0 saturated heterocycles. The Morgan fingerprint density at radius 2 is 1.58 bits per heavy atom. The van der Waals surface area contributed by atoms with E-state index >= 15 is 0 Å². The van der Waals surface area contributed by atoms with Crippen molar-refractivity contribution < 1.29 is 10.2 Å². The highest BCUT2D eigenvalue weighted by atomic mass is 16.3. The predicted octanol–water partition coefficient (Wildman–Crippen LogP) is 7.78. The van der Waals surface area contributed by atoms with Gasteiger partial charge in [-0.25, -0.2) is 0 Å². The Morgan fingerprint density at radius 3 is 2.21 bits per heavy atom. The number of hydrogen-bond donors (Lipinski definition) is 2. The molecule has 4 aliphatic rings. The van der Waals surface area contributed by atoms with Crippen LogP contribution < -0.4 is 0 Å². The number of hydrogen-bond acceptors (Lipinski definition) is 2. The van der Waals surface area contributed by atoms with E-state index in [-0.39, 0.29) is 28.8 Å². The molecular weight excluding hydrogens is 404 g/mol. The molecule has 0 aromatic heterocycles. The summed E-state index contributed by atoms with van der Waals surface area (Å²) in [7, 11) is 0. The van der Waals surface area contributed by atoms with Crippen LogP contribution in [0.15, 0.2) is 11.6 Å². The highest BCUT2D eigenvalue weighted by molar-refractivity contribution is 5.19. The molecule has 4 saturated carbocycles. The minimum absolute atomic E-state index is 0.113. The van der Waals surface area contributed by atoms with E-state index in [1.54, 1.807) is 0 Å². The summed E-state index contributed by atoms with van der Waals surface area (Å²) in [6.07, 6.45) is 12.1. The standard InChI is InChI=1S/C31H54O2/c1-20(2)11-10-15-31(9,33)22-13-17-30(8)26(22)23(32)19-25-28(6)16-12-21(3)27(4,5)24(28)14-18-29(25,30)7/h11,21-26,32-33H,10,12-19H2,1-9H3/t21?,22?,23?,24?,25?,26?,28?,29?,30-,31+/m1/s1. The Morgan fingerprint density at radius 1 is 0.939 bits per heavy atom. The summed E-state index contributed by atoms with van der Waals surface area (Å²) in [6, 6.07) is 0. The molecule has 0 aromatic carbocycles. The van der Waals surface area contributed by atoms with Crippen molar-refractivity contribution in [2.75, 3.05) is 0 Å². The van der Waals surface area contributed by atoms with Gasteiger partial charge in [0, 0.05) is 0 Å². The molecule has 0 heterocycles. The lowest BCUT2D eigenvalue weighted by molar-refractivity contribution is -0.240. The van der Waals surface area contributed by atoms with Gasteiger partial charge in [0.15, 0.2) is 0 Å². The van der Waals surface area contributed by atoms with Crippen molar-refractivity contribution in [3.63, 3.8) is 0 Å². The molecule has 10 atom stereocenters. The smallest absolute Gasteiger partial charge is 0.0654 e. The lowest BCUT2D eigenvalue weighted by Gasteiger charge is -2.70. The molecule has 190 valence electrons. The molecule has 4 aliphatic carbocycles. The lowest BCUT2D eigenvalue weighted by atomic mass is 9.34. The molecule has 2 heteroatoms. The first-order chi connectivity index (χ1) is 15.1. The third-order valence-corrected chi connectivity index (χ3v) is 12.9. The third kappa shape index (κ3) is 3.62. The maximum absolute atomic E-state index is 11.8. The van der Waals surface area contributed by atoms with Crippen LogP contribution in [0.1, 0.15) is 120 Å². The normalized spacial score (nSPS) is 50.5. The van der Waals surface area contributed by atoms with E-state index in [1.807, 2.05) is 0 Å². The van der Waals surface area contributed by atoms with Crippen LogP contribution in [0.2, 0.25) is 0 Å². The Kier molecular flexibility index (Phi) is 6.31. The number of rotatable bonds is 4. The number of allylic oxidation sites excluding steroid dienone is 2. The van der Waals surface area contributed by atoms with Gasteiger partial charge in [0.2, 0.25) is 0 Å². The molecule has 0 aromatic rings. The van der Waals surface area contributed by atoms with Crippen LogP contribution in [-0.2, 0) is 0 Å². The summed E-state index contributed by atoms with van der Waals surface area (Å²) in [5, 5.41) is 23.5. The molecule has 0 aliphatic heterocycles. The molecule has 0 bridgehead atoms. The molecule has 2 nitrogen and oxygen atoms in total. The summed E-state index contributed by atoms with van der Waals surface area (Å²) in [5.41, 5.74) is 1.68. The van der Waals surface area contributed by atoms with E-state index in [1.165, 1.54) is 31.3 Å². The fourth-order valence-corrected chi connectivity index (χ4v) is 10.5. The highest BCUT2D eigenvalue weighted by Gasteiger charge is 2.71. The second-order valence-corrected chi connectivity index (χ2v) is 14.9. The van der Waals surface area contributed by atoms with Crippen LogP contribution in [0.4, 0.5) is 0 Å². The molecule has 0 spiro atoms. The van der Waals surface area contributed by atoms with Gasteiger partial charge in [0.1, 0.15) is 0 Å². The molecule has 4 rings (SSSR count). The van der Waals surface area contributed by atoms with E-state index in [0.29, 0.717) is 16.7 Å². The van der Waals surface area contributed by atoms with Gasteiger partial charge in [-0.15, -0.1) is 0 Å². The fourth-order valence-electron chi connectivity index (χ4n) is 10.5. The van der Waals surface area contributed by atoms with E-state index < -0.39 is 5.60 Å². The van der Waals surface area contributed by atoms with Crippen molar-refractivity contribution in [3.05, 3.63) is 11.6 Å². The molecule has 0 radical (unpaired) electrons. The molecule has 2 N–H and O–H groups in total. The second kappa shape index (κ2) is 8.09. The Hall–Kier alpha value is -0.340. The zero-order valence-corrected chi connectivity index (χ0v) is 23.3. The van der Waals surface area contributed by atoms with Gasteiger partial charge in [-0.05, 0) is 130 Å². The molecule has 8 unspecified atom stereocenters. The average Bonchev–Trinajstić information content (AvgIpc) is 3.08. The van der Waals surface area contributed by atoms with Crippen LogP contribution in [-0.4, -0.2) is 21.9 Å². The first-order valence-corrected chi connectivity index (χ1v) is 14.1. The van der Waals surface area contributed by atoms with Crippen molar-refractivity contribution in [3.8, 4) is 0 Å². The fraction of sp³-hybridized carbons (Fsp3) is 0.935. The zero-order valence-electron chi connectivity index (χ0n) is 23.3. The Labute approximate surface area is 205 Å². The Bertz CT molecular complexity index is 776. The molecule has 33 heavy (non-hydrogen) atoms. The minimum atomic E-state index is -0.706. The van der Waals surface area contributed by atoms with Crippen molar-refractivity contribution in [1.82, 2.24) is 0 Å². The number of fused-ring (bicyclic) bond motifs is 5. The van der Waals surface area contributed by atoms with Gasteiger partial charge in [-0.1, -0.05) is 53.2 Å². The van der Waals surface area contributed by atoms with E-state index in [0.717, 1.165) is 43.9 Å². The van der Waals surface area contributed by atoms with Crippen molar-refractivity contribution >= 4 is 0 Å². The summed E-state index contributed by atoms with van der Waals surface area (Å²) in [4.78, 5) is 0. The maximum Gasteiger partial charge on any atom is 0.0654 e. The SMILES string of the molecule is CC(C)=CCC[C@](C)(O)C1CC[C@]2(C)C1C(O)CC1C3(C)CCC(C)C(C)(C)C3CCC12C. The van der Waals surface area contributed by atoms with Crippen LogP contribution in [0.5, 0.6) is 0 Å². The van der Waals surface area contributed by atoms with E-state index in [9.17, 15) is 10.2 Å².